The predicted molar refractivity (Wildman–Crippen MR) is 90.8 cm³/mol. The Kier molecular flexibility index (Phi) is 5.48. The molecule has 6 heteroatoms. The summed E-state index contributed by atoms with van der Waals surface area (Å²) in [4.78, 5) is 6.92. The minimum Gasteiger partial charge on any atom is -0.497 e. The van der Waals surface area contributed by atoms with Crippen LogP contribution in [0.3, 0.4) is 0 Å². The first-order chi connectivity index (χ1) is 11.7. The zero-order valence-corrected chi connectivity index (χ0v) is 14.6. The normalized spacial score (nSPS) is 15.7. The van der Waals surface area contributed by atoms with Crippen LogP contribution in [0.2, 0.25) is 0 Å². The second-order valence-electron chi connectivity index (χ2n) is 6.28. The first-order valence-electron chi connectivity index (χ1n) is 8.41. The van der Waals surface area contributed by atoms with Gasteiger partial charge in [0.2, 0.25) is 11.7 Å². The van der Waals surface area contributed by atoms with Crippen molar-refractivity contribution in [3.8, 4) is 17.1 Å². The molecule has 130 valence electrons. The molecule has 0 bridgehead atoms. The van der Waals surface area contributed by atoms with E-state index >= 15 is 0 Å². The van der Waals surface area contributed by atoms with Gasteiger partial charge in [0, 0.05) is 25.3 Å². The molecule has 6 nitrogen and oxygen atoms in total. The van der Waals surface area contributed by atoms with E-state index in [0.717, 1.165) is 23.8 Å². The van der Waals surface area contributed by atoms with Gasteiger partial charge in [-0.05, 0) is 37.8 Å². The molecule has 1 aromatic heterocycles. The third-order valence-electron chi connectivity index (χ3n) is 4.60. The van der Waals surface area contributed by atoms with Crippen LogP contribution in [-0.2, 0) is 11.3 Å². The van der Waals surface area contributed by atoms with E-state index < -0.39 is 0 Å². The van der Waals surface area contributed by atoms with E-state index in [1.807, 2.05) is 24.3 Å². The second-order valence-corrected chi connectivity index (χ2v) is 6.28. The van der Waals surface area contributed by atoms with Crippen LogP contribution in [0.4, 0.5) is 0 Å². The van der Waals surface area contributed by atoms with Crippen molar-refractivity contribution in [2.24, 2.45) is 5.92 Å². The van der Waals surface area contributed by atoms with Gasteiger partial charge in [0.15, 0.2) is 0 Å². The number of benzene rings is 1. The molecule has 1 fully saturated rings. The Morgan fingerprint density at radius 1 is 1.33 bits per heavy atom. The number of hydrogen-bond acceptors (Lipinski definition) is 6. The zero-order chi connectivity index (χ0) is 16.9. The third-order valence-corrected chi connectivity index (χ3v) is 4.60. The number of aromatic nitrogens is 2. The highest BCUT2D eigenvalue weighted by molar-refractivity contribution is 5.56. The van der Waals surface area contributed by atoms with Gasteiger partial charge in [-0.1, -0.05) is 17.3 Å². The number of rotatable bonds is 9. The molecule has 0 N–H and O–H groups in total. The fraction of sp³-hybridized carbons (Fsp3) is 0.556. The molecule has 0 spiro atoms. The van der Waals surface area contributed by atoms with Gasteiger partial charge in [-0.3, -0.25) is 4.90 Å². The Morgan fingerprint density at radius 3 is 2.88 bits per heavy atom. The summed E-state index contributed by atoms with van der Waals surface area (Å²) in [5.74, 6) is 2.79. The van der Waals surface area contributed by atoms with Crippen LogP contribution in [0.1, 0.15) is 25.7 Å². The molecule has 3 rings (SSSR count). The summed E-state index contributed by atoms with van der Waals surface area (Å²) in [5.41, 5.74) is 0.892. The average Bonchev–Trinajstić information content (AvgIpc) is 3.36. The van der Waals surface area contributed by atoms with E-state index in [1.54, 1.807) is 14.2 Å². The lowest BCUT2D eigenvalue weighted by atomic mass is 10.2. The standard InChI is InChI=1S/C18H25N3O3/c1-13(14-7-8-14)21(9-10-22-2)12-17-19-18(20-24-17)15-5-4-6-16(11-15)23-3/h4-6,11,13-14H,7-10,12H2,1-3H3/t13-/m0/s1. The molecule has 1 aromatic carbocycles. The lowest BCUT2D eigenvalue weighted by Gasteiger charge is -2.27. The molecule has 1 heterocycles. The molecule has 1 atom stereocenters. The minimum absolute atomic E-state index is 0.507. The van der Waals surface area contributed by atoms with Crippen molar-refractivity contribution in [2.75, 3.05) is 27.4 Å². The predicted octanol–water partition coefficient (Wildman–Crippen LogP) is 2.99. The number of nitrogens with zero attached hydrogens (tertiary/aromatic N) is 3. The van der Waals surface area contributed by atoms with Crippen LogP contribution < -0.4 is 4.74 Å². The summed E-state index contributed by atoms with van der Waals surface area (Å²) in [6.07, 6.45) is 2.62. The van der Waals surface area contributed by atoms with Crippen LogP contribution in [0.25, 0.3) is 11.4 Å². The highest BCUT2D eigenvalue weighted by Crippen LogP contribution is 2.35. The maximum atomic E-state index is 5.47. The first kappa shape index (κ1) is 16.9. The van der Waals surface area contributed by atoms with Crippen LogP contribution in [-0.4, -0.2) is 48.5 Å². The zero-order valence-electron chi connectivity index (χ0n) is 14.6. The fourth-order valence-electron chi connectivity index (χ4n) is 2.88. The number of ether oxygens (including phenoxy) is 2. The summed E-state index contributed by atoms with van der Waals surface area (Å²) in [5, 5.41) is 4.12. The molecule has 0 radical (unpaired) electrons. The maximum absolute atomic E-state index is 5.47. The summed E-state index contributed by atoms with van der Waals surface area (Å²) < 4.78 is 16.0. The largest absolute Gasteiger partial charge is 0.497 e. The van der Waals surface area contributed by atoms with Crippen LogP contribution in [0.5, 0.6) is 5.75 Å². The summed E-state index contributed by atoms with van der Waals surface area (Å²) in [6, 6.07) is 8.18. The van der Waals surface area contributed by atoms with E-state index in [0.29, 0.717) is 30.9 Å². The van der Waals surface area contributed by atoms with Crippen LogP contribution in [0.15, 0.2) is 28.8 Å². The summed E-state index contributed by atoms with van der Waals surface area (Å²) >= 11 is 0. The Balaban J connectivity index is 1.70. The first-order valence-corrected chi connectivity index (χ1v) is 8.41. The smallest absolute Gasteiger partial charge is 0.241 e. The summed E-state index contributed by atoms with van der Waals surface area (Å²) in [6.45, 7) is 4.49. The second kappa shape index (κ2) is 7.77. The van der Waals surface area contributed by atoms with E-state index in [9.17, 15) is 0 Å². The highest BCUT2D eigenvalue weighted by atomic mass is 16.5. The van der Waals surface area contributed by atoms with Crippen molar-refractivity contribution in [2.45, 2.75) is 32.4 Å². The van der Waals surface area contributed by atoms with Gasteiger partial charge in [0.25, 0.3) is 0 Å². The highest BCUT2D eigenvalue weighted by Gasteiger charge is 2.32. The Bertz CT molecular complexity index is 654. The maximum Gasteiger partial charge on any atom is 0.241 e. The topological polar surface area (TPSA) is 60.6 Å². The van der Waals surface area contributed by atoms with Crippen molar-refractivity contribution in [1.82, 2.24) is 15.0 Å². The van der Waals surface area contributed by atoms with E-state index in [-0.39, 0.29) is 0 Å². The molecular weight excluding hydrogens is 306 g/mol. The van der Waals surface area contributed by atoms with Crippen molar-refractivity contribution >= 4 is 0 Å². The monoisotopic (exact) mass is 331 g/mol. The molecular formula is C18H25N3O3. The SMILES string of the molecule is COCCN(Cc1nc(-c2cccc(OC)c2)no1)[C@@H](C)C1CC1. The van der Waals surface area contributed by atoms with Crippen molar-refractivity contribution in [3.63, 3.8) is 0 Å². The third kappa shape index (κ3) is 4.13. The molecule has 1 aliphatic rings. The molecule has 0 amide bonds. The Hall–Kier alpha value is -1.92. The Labute approximate surface area is 142 Å². The van der Waals surface area contributed by atoms with Crippen molar-refractivity contribution in [3.05, 3.63) is 30.2 Å². The quantitative estimate of drug-likeness (QED) is 0.704. The molecule has 1 aliphatic carbocycles. The van der Waals surface area contributed by atoms with Gasteiger partial charge in [0.05, 0.1) is 20.3 Å². The number of methoxy groups -OCH3 is 2. The lowest BCUT2D eigenvalue weighted by molar-refractivity contribution is 0.102. The van der Waals surface area contributed by atoms with Gasteiger partial charge in [-0.15, -0.1) is 0 Å². The van der Waals surface area contributed by atoms with Crippen molar-refractivity contribution < 1.29 is 14.0 Å². The van der Waals surface area contributed by atoms with Crippen LogP contribution in [0, 0.1) is 5.92 Å². The van der Waals surface area contributed by atoms with Gasteiger partial charge in [0.1, 0.15) is 5.75 Å². The molecule has 0 unspecified atom stereocenters. The van der Waals surface area contributed by atoms with E-state index in [2.05, 4.69) is 22.0 Å². The van der Waals surface area contributed by atoms with Crippen molar-refractivity contribution in [1.29, 1.82) is 0 Å². The molecule has 0 aliphatic heterocycles. The van der Waals surface area contributed by atoms with Gasteiger partial charge in [-0.2, -0.15) is 4.98 Å². The molecule has 0 saturated heterocycles. The molecule has 1 saturated carbocycles. The van der Waals surface area contributed by atoms with Gasteiger partial charge >= 0.3 is 0 Å². The minimum atomic E-state index is 0.507. The summed E-state index contributed by atoms with van der Waals surface area (Å²) in [7, 11) is 3.38. The van der Waals surface area contributed by atoms with Gasteiger partial charge in [-0.25, -0.2) is 0 Å². The fourth-order valence-corrected chi connectivity index (χ4v) is 2.88. The van der Waals surface area contributed by atoms with Gasteiger partial charge < -0.3 is 14.0 Å². The lowest BCUT2D eigenvalue weighted by Crippen LogP contribution is -2.36. The number of hydrogen-bond donors (Lipinski definition) is 0. The Morgan fingerprint density at radius 2 is 2.17 bits per heavy atom. The van der Waals surface area contributed by atoms with E-state index in [1.165, 1.54) is 12.8 Å². The van der Waals surface area contributed by atoms with E-state index in [4.69, 9.17) is 14.0 Å². The molecule has 2 aromatic rings. The molecule has 24 heavy (non-hydrogen) atoms. The van der Waals surface area contributed by atoms with Crippen LogP contribution >= 0.6 is 0 Å². The average molecular weight is 331 g/mol.